The van der Waals surface area contributed by atoms with Gasteiger partial charge in [0.2, 0.25) is 11.8 Å². The Labute approximate surface area is 159 Å². The first-order chi connectivity index (χ1) is 12.6. The van der Waals surface area contributed by atoms with Crippen LogP contribution in [0.2, 0.25) is 0 Å². The molecule has 2 rings (SSSR count). The Morgan fingerprint density at radius 3 is 2.56 bits per heavy atom. The zero-order chi connectivity index (χ0) is 20.2. The Bertz CT molecular complexity index is 818. The van der Waals surface area contributed by atoms with Gasteiger partial charge < -0.3 is 10.6 Å². The van der Waals surface area contributed by atoms with Crippen molar-refractivity contribution >= 4 is 28.3 Å². The average molecular weight is 399 g/mol. The summed E-state index contributed by atoms with van der Waals surface area (Å²) in [7, 11) is 0. The molecule has 146 valence electrons. The third-order valence-corrected chi connectivity index (χ3v) is 4.64. The molecule has 1 aromatic carbocycles. The number of carbonyl (C=O) groups is 2. The highest BCUT2D eigenvalue weighted by Crippen LogP contribution is 2.30. The van der Waals surface area contributed by atoms with Gasteiger partial charge in [0.05, 0.1) is 5.56 Å². The maximum atomic E-state index is 12.8. The van der Waals surface area contributed by atoms with Gasteiger partial charge in [0.25, 0.3) is 0 Å². The van der Waals surface area contributed by atoms with Gasteiger partial charge in [-0.1, -0.05) is 32.0 Å². The first-order valence-corrected chi connectivity index (χ1v) is 9.06. The molecule has 0 bridgehead atoms. The summed E-state index contributed by atoms with van der Waals surface area (Å²) in [4.78, 5) is 28.4. The number of rotatable bonds is 6. The second-order valence-corrected chi connectivity index (χ2v) is 7.53. The van der Waals surface area contributed by atoms with E-state index >= 15 is 0 Å². The smallest absolute Gasteiger partial charge is 0.344 e. The van der Waals surface area contributed by atoms with Crippen LogP contribution in [0, 0.1) is 5.92 Å². The molecule has 0 saturated heterocycles. The standard InChI is InChI=1S/C18H20F3N3O2S/c1-10(2)15(23-11(3)25)16(26)24-17-22-9-14(27-17)8-12-5-4-6-13(7-12)18(19,20)21/h4-7,9-10,15H,8H2,1-3H3,(H,23,25)(H,22,24,26). The number of anilines is 1. The summed E-state index contributed by atoms with van der Waals surface area (Å²) in [6, 6.07) is 4.40. The molecule has 0 aliphatic heterocycles. The first kappa shape index (κ1) is 20.9. The van der Waals surface area contributed by atoms with Gasteiger partial charge in [-0.25, -0.2) is 4.98 Å². The Balaban J connectivity index is 2.06. The third kappa shape index (κ3) is 6.06. The van der Waals surface area contributed by atoms with Crippen LogP contribution in [0.4, 0.5) is 18.3 Å². The highest BCUT2D eigenvalue weighted by molar-refractivity contribution is 7.15. The molecule has 0 aliphatic rings. The molecule has 9 heteroatoms. The fraction of sp³-hybridized carbons (Fsp3) is 0.389. The quantitative estimate of drug-likeness (QED) is 0.775. The van der Waals surface area contributed by atoms with Crippen LogP contribution < -0.4 is 10.6 Å². The summed E-state index contributed by atoms with van der Waals surface area (Å²) < 4.78 is 38.4. The lowest BCUT2D eigenvalue weighted by Gasteiger charge is -2.20. The Morgan fingerprint density at radius 1 is 1.26 bits per heavy atom. The van der Waals surface area contributed by atoms with E-state index in [1.165, 1.54) is 30.5 Å². The molecular formula is C18H20F3N3O2S. The first-order valence-electron chi connectivity index (χ1n) is 8.25. The predicted molar refractivity (Wildman–Crippen MR) is 97.4 cm³/mol. The molecule has 2 N–H and O–H groups in total. The molecule has 27 heavy (non-hydrogen) atoms. The van der Waals surface area contributed by atoms with Crippen molar-refractivity contribution in [3.05, 3.63) is 46.5 Å². The zero-order valence-electron chi connectivity index (χ0n) is 15.1. The van der Waals surface area contributed by atoms with E-state index in [4.69, 9.17) is 0 Å². The van der Waals surface area contributed by atoms with Gasteiger partial charge in [-0.15, -0.1) is 11.3 Å². The number of benzene rings is 1. The SMILES string of the molecule is CC(=O)NC(C(=O)Nc1ncc(Cc2cccc(C(F)(F)F)c2)s1)C(C)C. The maximum Gasteiger partial charge on any atom is 0.416 e. The molecule has 0 aliphatic carbocycles. The molecule has 1 unspecified atom stereocenters. The summed E-state index contributed by atoms with van der Waals surface area (Å²) in [5.74, 6) is -0.813. The Kier molecular flexibility index (Phi) is 6.59. The second kappa shape index (κ2) is 8.51. The van der Waals surface area contributed by atoms with Crippen molar-refractivity contribution < 1.29 is 22.8 Å². The van der Waals surface area contributed by atoms with Gasteiger partial charge in [0.15, 0.2) is 5.13 Å². The molecule has 2 amide bonds. The van der Waals surface area contributed by atoms with Crippen molar-refractivity contribution in [1.82, 2.24) is 10.3 Å². The Morgan fingerprint density at radius 2 is 1.96 bits per heavy atom. The summed E-state index contributed by atoms with van der Waals surface area (Å²) in [6.45, 7) is 4.95. The number of thiazole rings is 1. The van der Waals surface area contributed by atoms with Crippen molar-refractivity contribution in [3.63, 3.8) is 0 Å². The summed E-state index contributed by atoms with van der Waals surface area (Å²) in [5.41, 5.74) is -0.197. The van der Waals surface area contributed by atoms with E-state index in [9.17, 15) is 22.8 Å². The minimum absolute atomic E-state index is 0.113. The number of alkyl halides is 3. The zero-order valence-corrected chi connectivity index (χ0v) is 15.9. The van der Waals surface area contributed by atoms with Crippen molar-refractivity contribution in [2.75, 3.05) is 5.32 Å². The van der Waals surface area contributed by atoms with Crippen LogP contribution in [0.1, 0.15) is 36.8 Å². The number of nitrogens with one attached hydrogen (secondary N) is 2. The van der Waals surface area contributed by atoms with Gasteiger partial charge in [-0.2, -0.15) is 13.2 Å². The van der Waals surface area contributed by atoms with E-state index in [1.54, 1.807) is 19.9 Å². The largest absolute Gasteiger partial charge is 0.416 e. The number of hydrogen-bond acceptors (Lipinski definition) is 4. The van der Waals surface area contributed by atoms with Crippen molar-refractivity contribution in [2.24, 2.45) is 5.92 Å². The van der Waals surface area contributed by atoms with E-state index < -0.39 is 17.8 Å². The number of halogens is 3. The normalized spacial score (nSPS) is 12.7. The molecule has 1 heterocycles. The minimum atomic E-state index is -4.39. The van der Waals surface area contributed by atoms with E-state index in [2.05, 4.69) is 15.6 Å². The molecular weight excluding hydrogens is 379 g/mol. The lowest BCUT2D eigenvalue weighted by Crippen LogP contribution is -2.46. The number of nitrogens with zero attached hydrogens (tertiary/aromatic N) is 1. The second-order valence-electron chi connectivity index (χ2n) is 6.42. The molecule has 5 nitrogen and oxygen atoms in total. The lowest BCUT2D eigenvalue weighted by molar-refractivity contribution is -0.137. The third-order valence-electron chi connectivity index (χ3n) is 3.72. The van der Waals surface area contributed by atoms with Crippen LogP contribution in [0.5, 0.6) is 0 Å². The number of carbonyl (C=O) groups excluding carboxylic acids is 2. The van der Waals surface area contributed by atoms with E-state index in [-0.39, 0.29) is 24.2 Å². The van der Waals surface area contributed by atoms with Crippen molar-refractivity contribution in [1.29, 1.82) is 0 Å². The molecule has 1 aromatic heterocycles. The highest BCUT2D eigenvalue weighted by atomic mass is 32.1. The van der Waals surface area contributed by atoms with E-state index in [0.717, 1.165) is 12.1 Å². The predicted octanol–water partition coefficient (Wildman–Crippen LogP) is 3.85. The fourth-order valence-electron chi connectivity index (χ4n) is 2.44. The lowest BCUT2D eigenvalue weighted by atomic mass is 10.0. The number of aromatic nitrogens is 1. The van der Waals surface area contributed by atoms with E-state index in [1.807, 2.05) is 0 Å². The van der Waals surface area contributed by atoms with Crippen LogP contribution in [0.3, 0.4) is 0 Å². The van der Waals surface area contributed by atoms with Crippen LogP contribution in [0.15, 0.2) is 30.5 Å². The van der Waals surface area contributed by atoms with Gasteiger partial charge in [0.1, 0.15) is 6.04 Å². The number of hydrogen-bond donors (Lipinski definition) is 2. The average Bonchev–Trinajstić information content (AvgIpc) is 2.98. The monoisotopic (exact) mass is 399 g/mol. The van der Waals surface area contributed by atoms with Gasteiger partial charge in [-0.05, 0) is 17.5 Å². The number of amides is 2. The summed E-state index contributed by atoms with van der Waals surface area (Å²) >= 11 is 1.18. The molecule has 0 fully saturated rings. The topological polar surface area (TPSA) is 71.1 Å². The summed E-state index contributed by atoms with van der Waals surface area (Å²) in [5, 5.41) is 5.56. The van der Waals surface area contributed by atoms with Gasteiger partial charge in [-0.3, -0.25) is 9.59 Å². The van der Waals surface area contributed by atoms with Crippen LogP contribution in [-0.4, -0.2) is 22.8 Å². The Hall–Kier alpha value is -2.42. The van der Waals surface area contributed by atoms with Crippen LogP contribution in [0.25, 0.3) is 0 Å². The molecule has 2 aromatic rings. The molecule has 1 atom stereocenters. The van der Waals surface area contributed by atoms with Crippen molar-refractivity contribution in [3.8, 4) is 0 Å². The fourth-order valence-corrected chi connectivity index (χ4v) is 3.29. The van der Waals surface area contributed by atoms with Gasteiger partial charge in [0, 0.05) is 24.4 Å². The molecule has 0 radical (unpaired) electrons. The molecule has 0 saturated carbocycles. The van der Waals surface area contributed by atoms with Crippen molar-refractivity contribution in [2.45, 2.75) is 39.4 Å². The van der Waals surface area contributed by atoms with Crippen LogP contribution >= 0.6 is 11.3 Å². The minimum Gasteiger partial charge on any atom is -0.344 e. The van der Waals surface area contributed by atoms with E-state index in [0.29, 0.717) is 15.6 Å². The summed E-state index contributed by atoms with van der Waals surface area (Å²) in [6.07, 6.45) is -2.60. The van der Waals surface area contributed by atoms with Crippen LogP contribution in [-0.2, 0) is 22.2 Å². The molecule has 0 spiro atoms. The van der Waals surface area contributed by atoms with Gasteiger partial charge >= 0.3 is 6.18 Å². The highest BCUT2D eigenvalue weighted by Gasteiger charge is 2.30. The maximum absolute atomic E-state index is 12.8.